The summed E-state index contributed by atoms with van der Waals surface area (Å²) in [5.41, 5.74) is -0.692. The summed E-state index contributed by atoms with van der Waals surface area (Å²) in [7, 11) is 0. The van der Waals surface area contributed by atoms with Crippen LogP contribution in [0.15, 0.2) is 24.3 Å². The predicted molar refractivity (Wildman–Crippen MR) is 81.0 cm³/mol. The number of alkyl halides is 3. The molecule has 1 amide bonds. The van der Waals surface area contributed by atoms with Crippen molar-refractivity contribution < 1.29 is 18.0 Å². The number of nitrogens with zero attached hydrogens (tertiary/aromatic N) is 1. The molecule has 2 rings (SSSR count). The molecule has 0 saturated carbocycles. The molecule has 1 aromatic rings. The van der Waals surface area contributed by atoms with Crippen molar-refractivity contribution in [3.63, 3.8) is 0 Å². The smallest absolute Gasteiger partial charge is 0.337 e. The molecule has 1 fully saturated rings. The first-order valence-electron chi connectivity index (χ1n) is 6.98. The molecule has 22 heavy (non-hydrogen) atoms. The lowest BCUT2D eigenvalue weighted by Gasteiger charge is -2.38. The van der Waals surface area contributed by atoms with Crippen LogP contribution in [0.2, 0.25) is 0 Å². The number of piperazine rings is 1. The monoisotopic (exact) mass is 336 g/mol. The average Bonchev–Trinajstić information content (AvgIpc) is 2.41. The number of amides is 1. The van der Waals surface area contributed by atoms with Gasteiger partial charge in [-0.15, -0.1) is 12.4 Å². The van der Waals surface area contributed by atoms with E-state index in [1.807, 2.05) is 13.8 Å². The first-order valence-corrected chi connectivity index (χ1v) is 6.98. The molecule has 2 atom stereocenters. The summed E-state index contributed by atoms with van der Waals surface area (Å²) in [4.78, 5) is 14.0. The Morgan fingerprint density at radius 1 is 1.32 bits per heavy atom. The third-order valence-corrected chi connectivity index (χ3v) is 4.02. The Hall–Kier alpha value is -1.27. The van der Waals surface area contributed by atoms with Crippen LogP contribution in [0, 0.1) is 0 Å². The second kappa shape index (κ2) is 7.33. The fourth-order valence-corrected chi connectivity index (χ4v) is 2.62. The van der Waals surface area contributed by atoms with Gasteiger partial charge in [0.1, 0.15) is 0 Å². The van der Waals surface area contributed by atoms with Gasteiger partial charge in [0.25, 0.3) is 0 Å². The zero-order chi connectivity index (χ0) is 15.6. The maximum absolute atomic E-state index is 12.9. The normalized spacial score (nSPS) is 22.1. The quantitative estimate of drug-likeness (QED) is 0.900. The van der Waals surface area contributed by atoms with Crippen LogP contribution in [0.3, 0.4) is 0 Å². The summed E-state index contributed by atoms with van der Waals surface area (Å²) in [5.74, 6) is -0.257. The van der Waals surface area contributed by atoms with E-state index >= 15 is 0 Å². The van der Waals surface area contributed by atoms with Gasteiger partial charge in [0.05, 0.1) is 12.0 Å². The van der Waals surface area contributed by atoms with E-state index in [4.69, 9.17) is 0 Å². The minimum absolute atomic E-state index is 0. The Balaban J connectivity index is 0.00000242. The molecule has 0 aromatic heterocycles. The van der Waals surface area contributed by atoms with E-state index in [9.17, 15) is 18.0 Å². The van der Waals surface area contributed by atoms with Crippen LogP contribution in [-0.4, -0.2) is 36.0 Å². The number of carbonyl (C=O) groups is 1. The summed E-state index contributed by atoms with van der Waals surface area (Å²) in [6.45, 7) is 5.06. The van der Waals surface area contributed by atoms with Gasteiger partial charge in [0, 0.05) is 25.2 Å². The molecule has 0 bridgehead atoms. The standard InChI is InChI=1S/C15H19F3N2O.ClH/c1-10-11(2)20(8-7-19-10)14(21)9-12-5-3-4-6-13(12)15(16,17)18;/h3-6,10-11,19H,7-9H2,1-2H3;1H. The number of hydrogen-bond donors (Lipinski definition) is 1. The van der Waals surface area contributed by atoms with Gasteiger partial charge in [0.15, 0.2) is 0 Å². The highest BCUT2D eigenvalue weighted by atomic mass is 35.5. The van der Waals surface area contributed by atoms with Gasteiger partial charge in [-0.05, 0) is 25.5 Å². The molecule has 1 aromatic carbocycles. The minimum atomic E-state index is -4.43. The lowest BCUT2D eigenvalue weighted by Crippen LogP contribution is -2.57. The van der Waals surface area contributed by atoms with Crippen LogP contribution in [0.4, 0.5) is 13.2 Å². The molecule has 1 heterocycles. The third kappa shape index (κ3) is 4.14. The zero-order valence-corrected chi connectivity index (χ0v) is 13.3. The molecule has 124 valence electrons. The van der Waals surface area contributed by atoms with E-state index < -0.39 is 11.7 Å². The number of hydrogen-bond acceptors (Lipinski definition) is 2. The van der Waals surface area contributed by atoms with Crippen LogP contribution in [-0.2, 0) is 17.4 Å². The lowest BCUT2D eigenvalue weighted by molar-refractivity contribution is -0.139. The third-order valence-electron chi connectivity index (χ3n) is 4.02. The molecule has 3 nitrogen and oxygen atoms in total. The van der Waals surface area contributed by atoms with Gasteiger partial charge in [-0.2, -0.15) is 13.2 Å². The molecule has 0 aliphatic carbocycles. The molecule has 0 spiro atoms. The van der Waals surface area contributed by atoms with E-state index in [0.29, 0.717) is 13.1 Å². The topological polar surface area (TPSA) is 32.3 Å². The van der Waals surface area contributed by atoms with Crippen molar-refractivity contribution in [3.8, 4) is 0 Å². The van der Waals surface area contributed by atoms with Gasteiger partial charge in [-0.3, -0.25) is 4.79 Å². The maximum Gasteiger partial charge on any atom is 0.416 e. The van der Waals surface area contributed by atoms with E-state index in [0.717, 1.165) is 6.07 Å². The average molecular weight is 337 g/mol. The molecule has 1 N–H and O–H groups in total. The van der Waals surface area contributed by atoms with Crippen molar-refractivity contribution in [1.82, 2.24) is 10.2 Å². The Bertz CT molecular complexity index is 522. The van der Waals surface area contributed by atoms with Crippen LogP contribution in [0.5, 0.6) is 0 Å². The summed E-state index contributed by atoms with van der Waals surface area (Å²) >= 11 is 0. The van der Waals surface area contributed by atoms with Crippen LogP contribution in [0.1, 0.15) is 25.0 Å². The van der Waals surface area contributed by atoms with E-state index in [-0.39, 0.29) is 42.4 Å². The van der Waals surface area contributed by atoms with E-state index in [1.54, 1.807) is 4.90 Å². The Morgan fingerprint density at radius 2 is 1.95 bits per heavy atom. The summed E-state index contributed by atoms with van der Waals surface area (Å²) in [6, 6.07) is 5.38. The van der Waals surface area contributed by atoms with Crippen molar-refractivity contribution in [2.75, 3.05) is 13.1 Å². The first kappa shape index (κ1) is 18.8. The summed E-state index contributed by atoms with van der Waals surface area (Å²) < 4.78 is 38.8. The van der Waals surface area contributed by atoms with Gasteiger partial charge in [0.2, 0.25) is 5.91 Å². The Kier molecular flexibility index (Phi) is 6.26. The molecule has 1 saturated heterocycles. The van der Waals surface area contributed by atoms with Crippen molar-refractivity contribution in [3.05, 3.63) is 35.4 Å². The van der Waals surface area contributed by atoms with E-state index in [1.165, 1.54) is 18.2 Å². The van der Waals surface area contributed by atoms with Crippen molar-refractivity contribution >= 4 is 18.3 Å². The fraction of sp³-hybridized carbons (Fsp3) is 0.533. The number of benzene rings is 1. The molecular formula is C15H20ClF3N2O. The molecule has 2 unspecified atom stereocenters. The van der Waals surface area contributed by atoms with E-state index in [2.05, 4.69) is 5.32 Å². The van der Waals surface area contributed by atoms with Crippen LogP contribution in [0.25, 0.3) is 0 Å². The molecule has 1 aliphatic heterocycles. The van der Waals surface area contributed by atoms with Gasteiger partial charge < -0.3 is 10.2 Å². The molecular weight excluding hydrogens is 317 g/mol. The summed E-state index contributed by atoms with van der Waals surface area (Å²) in [5, 5.41) is 3.24. The number of nitrogens with one attached hydrogen (secondary N) is 1. The minimum Gasteiger partial charge on any atom is -0.337 e. The Labute approximate surface area is 134 Å². The van der Waals surface area contributed by atoms with Gasteiger partial charge in [-0.25, -0.2) is 0 Å². The largest absolute Gasteiger partial charge is 0.416 e. The van der Waals surface area contributed by atoms with Crippen molar-refractivity contribution in [1.29, 1.82) is 0 Å². The number of carbonyl (C=O) groups excluding carboxylic acids is 1. The van der Waals surface area contributed by atoms with Gasteiger partial charge >= 0.3 is 6.18 Å². The molecule has 7 heteroatoms. The van der Waals surface area contributed by atoms with Crippen LogP contribution < -0.4 is 5.32 Å². The zero-order valence-electron chi connectivity index (χ0n) is 12.5. The maximum atomic E-state index is 12.9. The highest BCUT2D eigenvalue weighted by molar-refractivity contribution is 5.85. The molecule has 1 aliphatic rings. The fourth-order valence-electron chi connectivity index (χ4n) is 2.62. The highest BCUT2D eigenvalue weighted by Crippen LogP contribution is 2.32. The Morgan fingerprint density at radius 3 is 2.59 bits per heavy atom. The second-order valence-corrected chi connectivity index (χ2v) is 5.40. The highest BCUT2D eigenvalue weighted by Gasteiger charge is 2.34. The van der Waals surface area contributed by atoms with Crippen molar-refractivity contribution in [2.45, 2.75) is 38.5 Å². The SMILES string of the molecule is CC1NCCN(C(=O)Cc2ccccc2C(F)(F)F)C1C.Cl. The first-order chi connectivity index (χ1) is 9.80. The molecule has 0 radical (unpaired) electrons. The predicted octanol–water partition coefficient (Wildman–Crippen LogP) is 2.88. The van der Waals surface area contributed by atoms with Crippen LogP contribution >= 0.6 is 12.4 Å². The second-order valence-electron chi connectivity index (χ2n) is 5.40. The lowest BCUT2D eigenvalue weighted by atomic mass is 10.0. The number of rotatable bonds is 2. The van der Waals surface area contributed by atoms with Crippen molar-refractivity contribution in [2.24, 2.45) is 0 Å². The summed E-state index contributed by atoms with van der Waals surface area (Å²) in [6.07, 6.45) is -4.65. The van der Waals surface area contributed by atoms with Gasteiger partial charge in [-0.1, -0.05) is 18.2 Å². The number of halogens is 4.